The van der Waals surface area contributed by atoms with E-state index in [1.807, 2.05) is 54.9 Å². The van der Waals surface area contributed by atoms with Crippen LogP contribution in [0.25, 0.3) is 5.57 Å². The van der Waals surface area contributed by atoms with Crippen molar-refractivity contribution in [3.8, 4) is 11.5 Å². The number of hydrogen-bond acceptors (Lipinski definition) is 4. The van der Waals surface area contributed by atoms with Gasteiger partial charge in [-0.05, 0) is 53.3 Å². The number of ketones is 1. The quantitative estimate of drug-likeness (QED) is 0.305. The van der Waals surface area contributed by atoms with Crippen LogP contribution in [0.3, 0.4) is 0 Å². The highest BCUT2D eigenvalue weighted by Gasteiger charge is 2.24. The van der Waals surface area contributed by atoms with Crippen molar-refractivity contribution in [1.29, 1.82) is 0 Å². The number of aromatic hydroxyl groups is 1. The molecule has 1 aromatic heterocycles. The zero-order chi connectivity index (χ0) is 24.9. The van der Waals surface area contributed by atoms with Crippen LogP contribution in [0.15, 0.2) is 91.3 Å². The molecule has 0 radical (unpaired) electrons. The third kappa shape index (κ3) is 5.25. The second-order valence-corrected chi connectivity index (χ2v) is 9.31. The summed E-state index contributed by atoms with van der Waals surface area (Å²) in [6, 6.07) is 23.7. The summed E-state index contributed by atoms with van der Waals surface area (Å²) in [6.45, 7) is 0.622. The van der Waals surface area contributed by atoms with E-state index in [9.17, 15) is 9.90 Å². The first-order chi connectivity index (χ1) is 17.6. The number of Topliss-reactive ketones (excluding diaryl/α,β-unsaturated/α-hetero) is 1. The van der Waals surface area contributed by atoms with E-state index < -0.39 is 0 Å². The minimum absolute atomic E-state index is 0.0599. The van der Waals surface area contributed by atoms with Crippen LogP contribution in [-0.2, 0) is 24.2 Å². The maximum atomic E-state index is 13.4. The van der Waals surface area contributed by atoms with Gasteiger partial charge < -0.3 is 14.4 Å². The summed E-state index contributed by atoms with van der Waals surface area (Å²) in [5.41, 5.74) is 5.39. The van der Waals surface area contributed by atoms with Crippen LogP contribution >= 0.6 is 0 Å². The zero-order valence-corrected chi connectivity index (χ0v) is 20.4. The average Bonchev–Trinajstić information content (AvgIpc) is 3.51. The molecule has 5 heteroatoms. The molecule has 4 aromatic rings. The van der Waals surface area contributed by atoms with Crippen LogP contribution in [0.5, 0.6) is 11.5 Å². The molecule has 1 N–H and O–H groups in total. The molecule has 5 nitrogen and oxygen atoms in total. The Bertz CT molecular complexity index is 1390. The van der Waals surface area contributed by atoms with Gasteiger partial charge in [-0.3, -0.25) is 4.79 Å². The Kier molecular flexibility index (Phi) is 6.99. The van der Waals surface area contributed by atoms with E-state index in [4.69, 9.17) is 9.72 Å². The van der Waals surface area contributed by atoms with Gasteiger partial charge in [-0.2, -0.15) is 0 Å². The normalized spacial score (nSPS) is 13.2. The minimum atomic E-state index is -0.0599. The molecule has 0 unspecified atom stereocenters. The topological polar surface area (TPSA) is 64.4 Å². The van der Waals surface area contributed by atoms with Crippen LogP contribution in [0.2, 0.25) is 0 Å². The maximum absolute atomic E-state index is 13.4. The van der Waals surface area contributed by atoms with Gasteiger partial charge in [0, 0.05) is 36.7 Å². The molecule has 1 aliphatic carbocycles. The van der Waals surface area contributed by atoms with Crippen LogP contribution in [0.1, 0.15) is 46.8 Å². The number of ether oxygens (including phenoxy) is 1. The van der Waals surface area contributed by atoms with Gasteiger partial charge in [0.05, 0.1) is 13.7 Å². The lowest BCUT2D eigenvalue weighted by molar-refractivity contribution is -0.118. The summed E-state index contributed by atoms with van der Waals surface area (Å²) in [5, 5.41) is 9.94. The molecule has 0 saturated carbocycles. The SMILES string of the molecule is COc1ccccc1Cn1ccnc1[C@@H](CC(=O)CC1=CCc2ccc(O)cc21)Cc1ccccc1. The van der Waals surface area contributed by atoms with Gasteiger partial charge in [-0.15, -0.1) is 0 Å². The molecule has 1 atom stereocenters. The molecular weight excluding hydrogens is 448 g/mol. The first-order valence-corrected chi connectivity index (χ1v) is 12.3. The fraction of sp³-hybridized carbons (Fsp3) is 0.226. The number of methoxy groups -OCH3 is 1. The van der Waals surface area contributed by atoms with Crippen molar-refractivity contribution >= 4 is 11.4 Å². The number of imidazole rings is 1. The summed E-state index contributed by atoms with van der Waals surface area (Å²) in [5.74, 6) is 2.08. The number of phenols is 1. The van der Waals surface area contributed by atoms with Crippen molar-refractivity contribution in [2.24, 2.45) is 0 Å². The smallest absolute Gasteiger partial charge is 0.138 e. The number of phenolic OH excluding ortho intramolecular Hbond substituents is 1. The lowest BCUT2D eigenvalue weighted by Crippen LogP contribution is -2.16. The number of fused-ring (bicyclic) bond motifs is 1. The number of para-hydroxylation sites is 1. The lowest BCUT2D eigenvalue weighted by Gasteiger charge is -2.19. The van der Waals surface area contributed by atoms with Gasteiger partial charge in [0.1, 0.15) is 23.1 Å². The molecule has 0 saturated heterocycles. The molecule has 0 aliphatic heterocycles. The summed E-state index contributed by atoms with van der Waals surface area (Å²) in [6.07, 6.45) is 8.17. The number of carbonyl (C=O) groups excluding carboxylic acids is 1. The largest absolute Gasteiger partial charge is 0.508 e. The Labute approximate surface area is 211 Å². The third-order valence-electron chi connectivity index (χ3n) is 6.84. The van der Waals surface area contributed by atoms with Gasteiger partial charge in [0.25, 0.3) is 0 Å². The van der Waals surface area contributed by atoms with Gasteiger partial charge in [0.15, 0.2) is 0 Å². The average molecular weight is 479 g/mol. The van der Waals surface area contributed by atoms with E-state index >= 15 is 0 Å². The summed E-state index contributed by atoms with van der Waals surface area (Å²) < 4.78 is 7.68. The summed E-state index contributed by atoms with van der Waals surface area (Å²) in [7, 11) is 1.68. The van der Waals surface area contributed by atoms with E-state index in [2.05, 4.69) is 28.8 Å². The van der Waals surface area contributed by atoms with E-state index in [1.165, 1.54) is 5.56 Å². The highest BCUT2D eigenvalue weighted by Crippen LogP contribution is 2.34. The number of aromatic nitrogens is 2. The second kappa shape index (κ2) is 10.6. The number of nitrogens with zero attached hydrogens (tertiary/aromatic N) is 2. The van der Waals surface area contributed by atoms with E-state index in [0.717, 1.165) is 46.7 Å². The molecule has 0 amide bonds. The molecule has 0 spiro atoms. The molecule has 3 aromatic carbocycles. The molecule has 36 heavy (non-hydrogen) atoms. The minimum Gasteiger partial charge on any atom is -0.508 e. The Morgan fingerprint density at radius 3 is 2.72 bits per heavy atom. The van der Waals surface area contributed by atoms with Crippen LogP contribution in [0, 0.1) is 0 Å². The maximum Gasteiger partial charge on any atom is 0.138 e. The van der Waals surface area contributed by atoms with E-state index in [0.29, 0.717) is 19.4 Å². The number of benzene rings is 3. The van der Waals surface area contributed by atoms with Crippen LogP contribution in [-0.4, -0.2) is 27.6 Å². The molecule has 1 heterocycles. The number of carbonyl (C=O) groups is 1. The van der Waals surface area contributed by atoms with Crippen LogP contribution < -0.4 is 4.74 Å². The number of rotatable bonds is 10. The lowest BCUT2D eigenvalue weighted by atomic mass is 9.90. The number of allylic oxidation sites excluding steroid dienone is 2. The van der Waals surface area contributed by atoms with Crippen molar-refractivity contribution < 1.29 is 14.6 Å². The van der Waals surface area contributed by atoms with Gasteiger partial charge in [-0.25, -0.2) is 4.98 Å². The van der Waals surface area contributed by atoms with Gasteiger partial charge >= 0.3 is 0 Å². The van der Waals surface area contributed by atoms with Crippen molar-refractivity contribution in [3.05, 3.63) is 119 Å². The number of hydrogen-bond donors (Lipinski definition) is 1. The molecular formula is C31H30N2O3. The predicted octanol–water partition coefficient (Wildman–Crippen LogP) is 5.96. The Balaban J connectivity index is 1.39. The third-order valence-corrected chi connectivity index (χ3v) is 6.84. The van der Waals surface area contributed by atoms with Crippen LogP contribution in [0.4, 0.5) is 0 Å². The predicted molar refractivity (Wildman–Crippen MR) is 141 cm³/mol. The van der Waals surface area contributed by atoms with Crippen molar-refractivity contribution in [2.45, 2.75) is 38.1 Å². The Morgan fingerprint density at radius 2 is 1.89 bits per heavy atom. The molecule has 0 fully saturated rings. The first kappa shape index (κ1) is 23.6. The highest BCUT2D eigenvalue weighted by atomic mass is 16.5. The zero-order valence-electron chi connectivity index (χ0n) is 20.4. The Morgan fingerprint density at radius 1 is 1.08 bits per heavy atom. The first-order valence-electron chi connectivity index (χ1n) is 12.3. The second-order valence-electron chi connectivity index (χ2n) is 9.31. The monoisotopic (exact) mass is 478 g/mol. The molecule has 182 valence electrons. The fourth-order valence-electron chi connectivity index (χ4n) is 5.10. The fourth-order valence-corrected chi connectivity index (χ4v) is 5.10. The van der Waals surface area contributed by atoms with Crippen molar-refractivity contribution in [2.75, 3.05) is 7.11 Å². The van der Waals surface area contributed by atoms with Crippen molar-refractivity contribution in [3.63, 3.8) is 0 Å². The molecule has 5 rings (SSSR count). The van der Waals surface area contributed by atoms with E-state index in [-0.39, 0.29) is 17.5 Å². The van der Waals surface area contributed by atoms with Gasteiger partial charge in [0.2, 0.25) is 0 Å². The summed E-state index contributed by atoms with van der Waals surface area (Å²) in [4.78, 5) is 18.1. The van der Waals surface area contributed by atoms with Crippen molar-refractivity contribution in [1.82, 2.24) is 9.55 Å². The Hall–Kier alpha value is -4.12. The standard InChI is InChI=1S/C31H30N2O3/c1-36-30-10-6-5-9-25(30)21-33-16-15-32-31(33)26(17-22-7-3-2-4-8-22)19-28(35)18-24-12-11-23-13-14-27(34)20-29(23)24/h2-10,12-16,20,26,34H,11,17-19,21H2,1H3/t26-/m1/s1. The highest BCUT2D eigenvalue weighted by molar-refractivity contribution is 5.92. The summed E-state index contributed by atoms with van der Waals surface area (Å²) >= 11 is 0. The molecule has 1 aliphatic rings. The van der Waals surface area contributed by atoms with E-state index in [1.54, 1.807) is 19.2 Å². The van der Waals surface area contributed by atoms with Gasteiger partial charge in [-0.1, -0.05) is 60.7 Å². The molecule has 0 bridgehead atoms.